The van der Waals surface area contributed by atoms with Crippen LogP contribution in [0.4, 0.5) is 0 Å². The molecule has 1 amide bonds. The van der Waals surface area contributed by atoms with Crippen molar-refractivity contribution >= 4 is 28.6 Å². The molecule has 1 atom stereocenters. The Hall–Kier alpha value is -1.17. The topological polar surface area (TPSA) is 49.3 Å². The van der Waals surface area contributed by atoms with Crippen molar-refractivity contribution in [2.75, 3.05) is 13.2 Å². The predicted molar refractivity (Wildman–Crippen MR) is 84.8 cm³/mol. The SMILES string of the molecule is Cc1csc(C(=O)NCC[C@H](CCO)c2cccs2)c1. The van der Waals surface area contributed by atoms with E-state index in [4.69, 9.17) is 5.11 Å². The van der Waals surface area contributed by atoms with Crippen LogP contribution in [0.5, 0.6) is 0 Å². The number of hydrogen-bond acceptors (Lipinski definition) is 4. The molecule has 2 aromatic rings. The van der Waals surface area contributed by atoms with E-state index in [0.29, 0.717) is 12.5 Å². The Kier molecular flexibility index (Phi) is 5.76. The van der Waals surface area contributed by atoms with E-state index in [1.807, 2.05) is 29.8 Å². The van der Waals surface area contributed by atoms with Crippen LogP contribution in [0.3, 0.4) is 0 Å². The molecule has 2 aromatic heterocycles. The number of aliphatic hydroxyl groups excluding tert-OH is 1. The van der Waals surface area contributed by atoms with Gasteiger partial charge in [0.15, 0.2) is 0 Å². The number of aliphatic hydroxyl groups is 1. The van der Waals surface area contributed by atoms with E-state index in [9.17, 15) is 4.79 Å². The van der Waals surface area contributed by atoms with Crippen LogP contribution in [-0.4, -0.2) is 24.2 Å². The summed E-state index contributed by atoms with van der Waals surface area (Å²) in [6, 6.07) is 6.03. The second kappa shape index (κ2) is 7.57. The number of nitrogens with one attached hydrogen (secondary N) is 1. The molecule has 0 unspecified atom stereocenters. The maximum absolute atomic E-state index is 11.9. The molecule has 2 heterocycles. The van der Waals surface area contributed by atoms with Crippen LogP contribution in [0, 0.1) is 6.92 Å². The summed E-state index contributed by atoms with van der Waals surface area (Å²) in [5.74, 6) is 0.322. The van der Waals surface area contributed by atoms with Gasteiger partial charge < -0.3 is 10.4 Å². The van der Waals surface area contributed by atoms with Gasteiger partial charge in [-0.2, -0.15) is 0 Å². The average molecular weight is 309 g/mol. The van der Waals surface area contributed by atoms with Crippen molar-refractivity contribution in [1.29, 1.82) is 0 Å². The second-order valence-corrected chi connectivity index (χ2v) is 6.65. The lowest BCUT2D eigenvalue weighted by molar-refractivity contribution is 0.0956. The summed E-state index contributed by atoms with van der Waals surface area (Å²) in [6.07, 6.45) is 1.60. The largest absolute Gasteiger partial charge is 0.396 e. The molecular formula is C15H19NO2S2. The highest BCUT2D eigenvalue weighted by molar-refractivity contribution is 7.12. The average Bonchev–Trinajstić information content (AvgIpc) is 3.08. The Balaban J connectivity index is 1.83. The van der Waals surface area contributed by atoms with Crippen molar-refractivity contribution < 1.29 is 9.90 Å². The zero-order valence-electron chi connectivity index (χ0n) is 11.5. The van der Waals surface area contributed by atoms with Gasteiger partial charge >= 0.3 is 0 Å². The number of rotatable bonds is 7. The van der Waals surface area contributed by atoms with Crippen LogP contribution >= 0.6 is 22.7 Å². The first-order valence-corrected chi connectivity index (χ1v) is 8.44. The lowest BCUT2D eigenvalue weighted by atomic mass is 10.00. The molecule has 0 saturated heterocycles. The minimum absolute atomic E-state index is 0.00275. The number of aryl methyl sites for hydroxylation is 1. The highest BCUT2D eigenvalue weighted by atomic mass is 32.1. The fraction of sp³-hybridized carbons (Fsp3) is 0.400. The summed E-state index contributed by atoms with van der Waals surface area (Å²) in [7, 11) is 0. The molecule has 0 saturated carbocycles. The minimum atomic E-state index is -0.00275. The van der Waals surface area contributed by atoms with E-state index in [0.717, 1.165) is 23.3 Å². The Morgan fingerprint density at radius 2 is 2.25 bits per heavy atom. The van der Waals surface area contributed by atoms with E-state index < -0.39 is 0 Å². The molecular weight excluding hydrogens is 290 g/mol. The van der Waals surface area contributed by atoms with Crippen LogP contribution in [0.15, 0.2) is 29.0 Å². The first-order valence-electron chi connectivity index (χ1n) is 6.68. The third-order valence-electron chi connectivity index (χ3n) is 3.16. The van der Waals surface area contributed by atoms with Crippen molar-refractivity contribution in [1.82, 2.24) is 5.32 Å². The van der Waals surface area contributed by atoms with E-state index in [1.165, 1.54) is 16.2 Å². The summed E-state index contributed by atoms with van der Waals surface area (Å²) in [6.45, 7) is 2.81. The lowest BCUT2D eigenvalue weighted by Crippen LogP contribution is -2.25. The van der Waals surface area contributed by atoms with E-state index >= 15 is 0 Å². The van der Waals surface area contributed by atoms with Crippen molar-refractivity contribution in [3.05, 3.63) is 44.3 Å². The maximum Gasteiger partial charge on any atom is 0.261 e. The number of thiophene rings is 2. The van der Waals surface area contributed by atoms with Gasteiger partial charge in [-0.25, -0.2) is 0 Å². The van der Waals surface area contributed by atoms with Crippen LogP contribution in [0.2, 0.25) is 0 Å². The molecule has 0 spiro atoms. The smallest absolute Gasteiger partial charge is 0.261 e. The van der Waals surface area contributed by atoms with Gasteiger partial charge in [0, 0.05) is 18.0 Å². The first kappa shape index (κ1) is 15.2. The summed E-state index contributed by atoms with van der Waals surface area (Å²) < 4.78 is 0. The molecule has 2 N–H and O–H groups in total. The highest BCUT2D eigenvalue weighted by Crippen LogP contribution is 2.26. The molecule has 0 bridgehead atoms. The molecule has 3 nitrogen and oxygen atoms in total. The van der Waals surface area contributed by atoms with Crippen molar-refractivity contribution in [3.63, 3.8) is 0 Å². The van der Waals surface area contributed by atoms with Gasteiger partial charge in [0.25, 0.3) is 5.91 Å². The normalized spacial score (nSPS) is 12.3. The summed E-state index contributed by atoms with van der Waals surface area (Å²) in [4.78, 5) is 14.0. The molecule has 0 aliphatic rings. The molecule has 5 heteroatoms. The van der Waals surface area contributed by atoms with Gasteiger partial charge in [0.1, 0.15) is 0 Å². The van der Waals surface area contributed by atoms with Gasteiger partial charge in [0.2, 0.25) is 0 Å². The summed E-state index contributed by atoms with van der Waals surface area (Å²) >= 11 is 3.18. The molecule has 0 radical (unpaired) electrons. The van der Waals surface area contributed by atoms with Gasteiger partial charge in [-0.3, -0.25) is 4.79 Å². The maximum atomic E-state index is 11.9. The van der Waals surface area contributed by atoms with Crippen LogP contribution < -0.4 is 5.32 Å². The number of carbonyl (C=O) groups excluding carboxylic acids is 1. The molecule has 108 valence electrons. The van der Waals surface area contributed by atoms with Gasteiger partial charge in [0.05, 0.1) is 4.88 Å². The van der Waals surface area contributed by atoms with Crippen molar-refractivity contribution in [3.8, 4) is 0 Å². The summed E-state index contributed by atoms with van der Waals surface area (Å²) in [5, 5.41) is 16.1. The molecule has 0 aliphatic heterocycles. The number of carbonyl (C=O) groups is 1. The fourth-order valence-corrected chi connectivity index (χ4v) is 3.82. The van der Waals surface area contributed by atoms with Gasteiger partial charge in [-0.05, 0) is 54.1 Å². The Bertz CT molecular complexity index is 534. The van der Waals surface area contributed by atoms with Crippen molar-refractivity contribution in [2.45, 2.75) is 25.7 Å². The van der Waals surface area contributed by atoms with Crippen LogP contribution in [0.25, 0.3) is 0 Å². The van der Waals surface area contributed by atoms with Crippen LogP contribution in [-0.2, 0) is 0 Å². The molecule has 0 fully saturated rings. The molecule has 0 aromatic carbocycles. The third kappa shape index (κ3) is 4.16. The van der Waals surface area contributed by atoms with Crippen LogP contribution in [0.1, 0.15) is 38.9 Å². The minimum Gasteiger partial charge on any atom is -0.396 e. The molecule has 20 heavy (non-hydrogen) atoms. The van der Waals surface area contributed by atoms with E-state index in [2.05, 4.69) is 11.4 Å². The Morgan fingerprint density at radius 1 is 1.40 bits per heavy atom. The van der Waals surface area contributed by atoms with Crippen molar-refractivity contribution in [2.24, 2.45) is 0 Å². The number of hydrogen-bond donors (Lipinski definition) is 2. The zero-order chi connectivity index (χ0) is 14.4. The van der Waals surface area contributed by atoms with E-state index in [-0.39, 0.29) is 12.5 Å². The molecule has 2 rings (SSSR count). The first-order chi connectivity index (χ1) is 9.70. The lowest BCUT2D eigenvalue weighted by Gasteiger charge is -2.14. The van der Waals surface area contributed by atoms with E-state index in [1.54, 1.807) is 11.3 Å². The van der Waals surface area contributed by atoms with Gasteiger partial charge in [-0.15, -0.1) is 22.7 Å². The Morgan fingerprint density at radius 3 is 2.85 bits per heavy atom. The quantitative estimate of drug-likeness (QED) is 0.823. The van der Waals surface area contributed by atoms with Gasteiger partial charge in [-0.1, -0.05) is 6.07 Å². The monoisotopic (exact) mass is 309 g/mol. The summed E-state index contributed by atoms with van der Waals surface area (Å²) in [5.41, 5.74) is 1.12. The molecule has 0 aliphatic carbocycles. The Labute approximate surface area is 127 Å². The number of amides is 1. The standard InChI is InChI=1S/C15H19NO2S2/c1-11-9-14(20-10-11)15(18)16-6-4-12(5-7-17)13-3-2-8-19-13/h2-3,8-10,12,17H,4-7H2,1H3,(H,16,18)/t12-/m1/s1. The fourth-order valence-electron chi connectivity index (χ4n) is 2.11. The third-order valence-corrected chi connectivity index (χ3v) is 5.24. The predicted octanol–water partition coefficient (Wildman–Crippen LogP) is 3.40. The second-order valence-electron chi connectivity index (χ2n) is 4.76. The highest BCUT2D eigenvalue weighted by Gasteiger charge is 2.13. The zero-order valence-corrected chi connectivity index (χ0v) is 13.1.